The lowest BCUT2D eigenvalue weighted by atomic mass is 9.83. The van der Waals surface area contributed by atoms with E-state index < -0.39 is 5.60 Å². The zero-order valence-electron chi connectivity index (χ0n) is 14.7. The van der Waals surface area contributed by atoms with E-state index in [4.69, 9.17) is 9.47 Å². The Morgan fingerprint density at radius 2 is 1.75 bits per heavy atom. The van der Waals surface area contributed by atoms with Crippen LogP contribution in [0.3, 0.4) is 0 Å². The number of carbonyl (C=O) groups is 1. The topological polar surface area (TPSA) is 52.1 Å². The van der Waals surface area contributed by atoms with Crippen LogP contribution >= 0.6 is 0 Å². The first-order valence-corrected chi connectivity index (χ1v) is 8.63. The first-order chi connectivity index (χ1) is 11.5. The van der Waals surface area contributed by atoms with Gasteiger partial charge in [-0.1, -0.05) is 24.3 Å². The summed E-state index contributed by atoms with van der Waals surface area (Å²) in [5.41, 5.74) is 0.147. The van der Waals surface area contributed by atoms with Gasteiger partial charge in [0.25, 0.3) is 0 Å². The van der Waals surface area contributed by atoms with Crippen molar-refractivity contribution in [3.8, 4) is 5.75 Å². The Morgan fingerprint density at radius 3 is 2.42 bits per heavy atom. The fraction of sp³-hybridized carbons (Fsp3) is 0.450. The van der Waals surface area contributed by atoms with Crippen LogP contribution < -0.4 is 10.1 Å². The molecule has 0 aliphatic carbocycles. The summed E-state index contributed by atoms with van der Waals surface area (Å²) in [4.78, 5) is 12.8. The molecule has 0 atom stereocenters. The predicted octanol–water partition coefficient (Wildman–Crippen LogP) is 2.76. The number of methoxy groups -OCH3 is 1. The van der Waals surface area contributed by atoms with E-state index in [1.54, 1.807) is 13.2 Å². The summed E-state index contributed by atoms with van der Waals surface area (Å²) in [7, 11) is 1.64. The highest BCUT2D eigenvalue weighted by atomic mass is 16.6. The summed E-state index contributed by atoms with van der Waals surface area (Å²) in [5.74, 6) is 0.925. The maximum absolute atomic E-state index is 12.8. The molecule has 0 radical (unpaired) electrons. The van der Waals surface area contributed by atoms with E-state index >= 15 is 0 Å². The van der Waals surface area contributed by atoms with Crippen LogP contribution in [0.1, 0.15) is 37.0 Å². The molecule has 4 heteroatoms. The van der Waals surface area contributed by atoms with Crippen LogP contribution in [0.25, 0.3) is 10.8 Å². The molecule has 24 heavy (non-hydrogen) atoms. The number of rotatable bonds is 4. The molecule has 1 heterocycles. The Kier molecular flexibility index (Phi) is 4.76. The van der Waals surface area contributed by atoms with E-state index in [1.807, 2.05) is 44.2 Å². The molecular weight excluding hydrogens is 302 g/mol. The Bertz CT molecular complexity index is 733. The number of benzene rings is 2. The molecule has 0 saturated carbocycles. The molecule has 3 rings (SSSR count). The van der Waals surface area contributed by atoms with E-state index in [0.717, 1.165) is 42.5 Å². The van der Waals surface area contributed by atoms with E-state index in [-0.39, 0.29) is 5.97 Å². The number of hydrogen-bond donors (Lipinski definition) is 1. The molecule has 0 aromatic heterocycles. The zero-order chi connectivity index (χ0) is 17.2. The van der Waals surface area contributed by atoms with Crippen LogP contribution in [-0.2, 0) is 4.74 Å². The van der Waals surface area contributed by atoms with Crippen LogP contribution in [0.15, 0.2) is 36.4 Å². The Morgan fingerprint density at radius 1 is 1.08 bits per heavy atom. The SMILES string of the molecule is COc1ccc(C(=O)OC(C)(C)C2CC[NH2+]CC2)c2ccccc12. The van der Waals surface area contributed by atoms with Gasteiger partial charge in [0.1, 0.15) is 11.4 Å². The van der Waals surface area contributed by atoms with Crippen molar-refractivity contribution in [2.24, 2.45) is 5.92 Å². The molecule has 2 N–H and O–H groups in total. The first-order valence-electron chi connectivity index (χ1n) is 8.63. The average molecular weight is 328 g/mol. The molecule has 1 aliphatic heterocycles. The smallest absolute Gasteiger partial charge is 0.339 e. The molecule has 0 bridgehead atoms. The molecule has 0 spiro atoms. The lowest BCUT2D eigenvalue weighted by molar-refractivity contribution is -0.665. The van der Waals surface area contributed by atoms with Crippen LogP contribution in [0, 0.1) is 5.92 Å². The highest BCUT2D eigenvalue weighted by Gasteiger charge is 2.35. The molecule has 4 nitrogen and oxygen atoms in total. The first kappa shape index (κ1) is 16.8. The van der Waals surface area contributed by atoms with Gasteiger partial charge >= 0.3 is 5.97 Å². The van der Waals surface area contributed by atoms with Gasteiger partial charge in [0.15, 0.2) is 0 Å². The van der Waals surface area contributed by atoms with Crippen molar-refractivity contribution in [1.82, 2.24) is 0 Å². The third-order valence-electron chi connectivity index (χ3n) is 5.10. The number of piperidine rings is 1. The van der Waals surface area contributed by atoms with Gasteiger partial charge in [-0.05, 0) is 31.4 Å². The molecule has 2 aromatic rings. The van der Waals surface area contributed by atoms with Gasteiger partial charge in [0.05, 0.1) is 25.8 Å². The largest absolute Gasteiger partial charge is 0.496 e. The molecular formula is C20H26NO3+. The molecule has 128 valence electrons. The standard InChI is InChI=1S/C20H25NO3/c1-20(2,14-10-12-21-13-11-14)24-19(22)17-8-9-18(23-3)16-7-5-4-6-15(16)17/h4-9,14,21H,10-13H2,1-3H3/p+1. The Hall–Kier alpha value is -2.07. The Balaban J connectivity index is 1.89. The summed E-state index contributed by atoms with van der Waals surface area (Å²) in [6.07, 6.45) is 2.17. The fourth-order valence-corrected chi connectivity index (χ4v) is 3.63. The van der Waals surface area contributed by atoms with Crippen LogP contribution in [0.5, 0.6) is 5.75 Å². The lowest BCUT2D eigenvalue weighted by Gasteiger charge is -2.35. The molecule has 0 amide bonds. The molecule has 1 fully saturated rings. The third kappa shape index (κ3) is 3.24. The predicted molar refractivity (Wildman–Crippen MR) is 94.4 cm³/mol. The van der Waals surface area contributed by atoms with E-state index in [2.05, 4.69) is 5.32 Å². The maximum atomic E-state index is 12.8. The fourth-order valence-electron chi connectivity index (χ4n) is 3.63. The van der Waals surface area contributed by atoms with Crippen molar-refractivity contribution < 1.29 is 19.6 Å². The lowest BCUT2D eigenvalue weighted by Crippen LogP contribution is -2.86. The Labute approximate surface area is 143 Å². The zero-order valence-corrected chi connectivity index (χ0v) is 14.7. The van der Waals surface area contributed by atoms with E-state index in [9.17, 15) is 4.79 Å². The number of fused-ring (bicyclic) bond motifs is 1. The number of esters is 1. The van der Waals surface area contributed by atoms with E-state index in [0.29, 0.717) is 11.5 Å². The number of hydrogen-bond acceptors (Lipinski definition) is 3. The summed E-state index contributed by atoms with van der Waals surface area (Å²) < 4.78 is 11.4. The highest BCUT2D eigenvalue weighted by molar-refractivity contribution is 6.06. The van der Waals surface area contributed by atoms with E-state index in [1.165, 1.54) is 0 Å². The van der Waals surface area contributed by atoms with Crippen molar-refractivity contribution in [2.75, 3.05) is 20.2 Å². The third-order valence-corrected chi connectivity index (χ3v) is 5.10. The second-order valence-electron chi connectivity index (χ2n) is 6.99. The summed E-state index contributed by atoms with van der Waals surface area (Å²) in [6.45, 7) is 6.29. The van der Waals surface area contributed by atoms with Crippen molar-refractivity contribution in [2.45, 2.75) is 32.3 Å². The minimum atomic E-state index is -0.452. The van der Waals surface area contributed by atoms with Gasteiger partial charge < -0.3 is 14.8 Å². The number of carbonyl (C=O) groups excluding carboxylic acids is 1. The minimum Gasteiger partial charge on any atom is -0.496 e. The van der Waals surface area contributed by atoms with Crippen LogP contribution in [0.4, 0.5) is 0 Å². The van der Waals surface area contributed by atoms with Crippen molar-refractivity contribution in [1.29, 1.82) is 0 Å². The summed E-state index contributed by atoms with van der Waals surface area (Å²) in [5, 5.41) is 4.12. The van der Waals surface area contributed by atoms with Crippen molar-refractivity contribution in [3.63, 3.8) is 0 Å². The highest BCUT2D eigenvalue weighted by Crippen LogP contribution is 2.32. The van der Waals surface area contributed by atoms with Gasteiger partial charge in [-0.3, -0.25) is 0 Å². The van der Waals surface area contributed by atoms with Gasteiger partial charge in [0, 0.05) is 24.1 Å². The second kappa shape index (κ2) is 6.81. The minimum absolute atomic E-state index is 0.256. The monoisotopic (exact) mass is 328 g/mol. The summed E-state index contributed by atoms with van der Waals surface area (Å²) >= 11 is 0. The van der Waals surface area contributed by atoms with Crippen LogP contribution in [0.2, 0.25) is 0 Å². The quantitative estimate of drug-likeness (QED) is 0.878. The molecule has 1 aliphatic rings. The average Bonchev–Trinajstić information content (AvgIpc) is 2.61. The number of ether oxygens (including phenoxy) is 2. The number of nitrogens with two attached hydrogens (primary N) is 1. The van der Waals surface area contributed by atoms with Gasteiger partial charge in [-0.25, -0.2) is 4.79 Å². The van der Waals surface area contributed by atoms with Crippen molar-refractivity contribution >= 4 is 16.7 Å². The van der Waals surface area contributed by atoms with Gasteiger partial charge in [-0.15, -0.1) is 0 Å². The summed E-state index contributed by atoms with van der Waals surface area (Å²) in [6, 6.07) is 11.4. The molecule has 0 unspecified atom stereocenters. The molecule has 2 aromatic carbocycles. The van der Waals surface area contributed by atoms with Gasteiger partial charge in [-0.2, -0.15) is 0 Å². The van der Waals surface area contributed by atoms with Crippen molar-refractivity contribution in [3.05, 3.63) is 42.0 Å². The second-order valence-corrected chi connectivity index (χ2v) is 6.99. The van der Waals surface area contributed by atoms with Crippen LogP contribution in [-0.4, -0.2) is 31.8 Å². The normalized spacial score (nSPS) is 16.1. The maximum Gasteiger partial charge on any atom is 0.339 e. The molecule has 1 saturated heterocycles. The van der Waals surface area contributed by atoms with Gasteiger partial charge in [0.2, 0.25) is 0 Å². The number of quaternary nitrogens is 1.